The maximum atomic E-state index is 12.1. The number of hydrogen-bond donors (Lipinski definition) is 2. The van der Waals surface area contributed by atoms with Crippen molar-refractivity contribution in [1.29, 1.82) is 0 Å². The van der Waals surface area contributed by atoms with Gasteiger partial charge in [-0.1, -0.05) is 0 Å². The minimum absolute atomic E-state index is 0.00288. The fraction of sp³-hybridized carbons (Fsp3) is 1.00. The lowest BCUT2D eigenvalue weighted by molar-refractivity contribution is 0.0845. The minimum atomic E-state index is -3.46. The van der Waals surface area contributed by atoms with Gasteiger partial charge in [-0.2, -0.15) is 17.4 Å². The van der Waals surface area contributed by atoms with Crippen molar-refractivity contribution in [2.24, 2.45) is 5.92 Å². The van der Waals surface area contributed by atoms with Crippen LogP contribution in [0, 0.1) is 5.92 Å². The second-order valence-electron chi connectivity index (χ2n) is 5.09. The van der Waals surface area contributed by atoms with Crippen molar-refractivity contribution >= 4 is 10.2 Å². The van der Waals surface area contributed by atoms with Crippen LogP contribution in [0.5, 0.6) is 0 Å². The van der Waals surface area contributed by atoms with Crippen LogP contribution in [-0.4, -0.2) is 56.8 Å². The summed E-state index contributed by atoms with van der Waals surface area (Å²) in [6.45, 7) is 0.958. The summed E-state index contributed by atoms with van der Waals surface area (Å²) in [6.07, 6.45) is 3.52. The molecule has 0 aromatic heterocycles. The molecule has 7 heteroatoms. The van der Waals surface area contributed by atoms with Gasteiger partial charge >= 0.3 is 0 Å². The highest BCUT2D eigenvalue weighted by Gasteiger charge is 2.42. The van der Waals surface area contributed by atoms with Crippen molar-refractivity contribution in [3.05, 3.63) is 0 Å². The Bertz CT molecular complexity index is 369. The molecule has 2 unspecified atom stereocenters. The molecule has 1 saturated heterocycles. The van der Waals surface area contributed by atoms with E-state index in [1.807, 2.05) is 0 Å². The van der Waals surface area contributed by atoms with Crippen LogP contribution in [0.25, 0.3) is 0 Å². The van der Waals surface area contributed by atoms with E-state index in [1.165, 1.54) is 11.4 Å². The van der Waals surface area contributed by atoms with Crippen molar-refractivity contribution in [3.63, 3.8) is 0 Å². The average Bonchev–Trinajstić information content (AvgIpc) is 3.07. The summed E-state index contributed by atoms with van der Waals surface area (Å²) in [5.41, 5.74) is 0. The second-order valence-corrected chi connectivity index (χ2v) is 6.90. The van der Waals surface area contributed by atoms with Crippen LogP contribution >= 0.6 is 0 Å². The number of ether oxygens (including phenoxy) is 1. The van der Waals surface area contributed by atoms with Gasteiger partial charge in [0.05, 0.1) is 12.1 Å². The highest BCUT2D eigenvalue weighted by molar-refractivity contribution is 7.87. The van der Waals surface area contributed by atoms with Gasteiger partial charge in [0.2, 0.25) is 0 Å². The van der Waals surface area contributed by atoms with Gasteiger partial charge in [0.1, 0.15) is 0 Å². The predicted octanol–water partition coefficient (Wildman–Crippen LogP) is -0.297. The Labute approximate surface area is 108 Å². The Balaban J connectivity index is 1.90. The highest BCUT2D eigenvalue weighted by atomic mass is 32.2. The molecule has 0 radical (unpaired) electrons. The molecule has 2 atom stereocenters. The van der Waals surface area contributed by atoms with E-state index in [2.05, 4.69) is 4.72 Å². The third-order valence-electron chi connectivity index (χ3n) is 3.56. The molecular weight excluding hydrogens is 256 g/mol. The Hall–Kier alpha value is -0.210. The molecule has 0 spiro atoms. The van der Waals surface area contributed by atoms with Crippen molar-refractivity contribution in [2.75, 3.05) is 26.8 Å². The molecule has 0 bridgehead atoms. The largest absolute Gasteiger partial charge is 0.396 e. The summed E-state index contributed by atoms with van der Waals surface area (Å²) in [4.78, 5) is 0. The lowest BCUT2D eigenvalue weighted by atomic mass is 10.1. The third-order valence-corrected chi connectivity index (χ3v) is 5.17. The molecule has 2 rings (SSSR count). The summed E-state index contributed by atoms with van der Waals surface area (Å²) in [6, 6.07) is -0.0981. The maximum Gasteiger partial charge on any atom is 0.279 e. The molecule has 18 heavy (non-hydrogen) atoms. The first kappa shape index (κ1) is 14.2. The first-order chi connectivity index (χ1) is 8.54. The molecule has 0 aromatic rings. The first-order valence-electron chi connectivity index (χ1n) is 6.50. The first-order valence-corrected chi connectivity index (χ1v) is 7.94. The van der Waals surface area contributed by atoms with Crippen LogP contribution in [0.4, 0.5) is 0 Å². The number of hydrogen-bond acceptors (Lipinski definition) is 4. The summed E-state index contributed by atoms with van der Waals surface area (Å²) >= 11 is 0. The van der Waals surface area contributed by atoms with Crippen LogP contribution in [-0.2, 0) is 14.9 Å². The summed E-state index contributed by atoms with van der Waals surface area (Å²) in [7, 11) is -1.93. The monoisotopic (exact) mass is 278 g/mol. The molecule has 1 saturated carbocycles. The fourth-order valence-corrected chi connectivity index (χ4v) is 3.51. The van der Waals surface area contributed by atoms with Gasteiger partial charge < -0.3 is 9.84 Å². The molecule has 6 nitrogen and oxygen atoms in total. The van der Waals surface area contributed by atoms with Gasteiger partial charge in [-0.25, -0.2) is 0 Å². The zero-order valence-corrected chi connectivity index (χ0v) is 11.5. The van der Waals surface area contributed by atoms with Crippen molar-refractivity contribution in [1.82, 2.24) is 9.03 Å². The third kappa shape index (κ3) is 3.42. The Kier molecular flexibility index (Phi) is 4.60. The van der Waals surface area contributed by atoms with Crippen LogP contribution in [0.15, 0.2) is 0 Å². The highest BCUT2D eigenvalue weighted by Crippen LogP contribution is 2.38. The number of nitrogens with one attached hydrogen (secondary N) is 1. The summed E-state index contributed by atoms with van der Waals surface area (Å²) in [5.74, 6) is 0.531. The Morgan fingerprint density at radius 3 is 2.72 bits per heavy atom. The van der Waals surface area contributed by atoms with E-state index in [-0.39, 0.29) is 18.8 Å². The lowest BCUT2D eigenvalue weighted by Gasteiger charge is -2.23. The molecule has 106 valence electrons. The molecular formula is C11H22N2O4S. The van der Waals surface area contributed by atoms with Gasteiger partial charge in [-0.15, -0.1) is 0 Å². The van der Waals surface area contributed by atoms with E-state index in [0.29, 0.717) is 25.5 Å². The van der Waals surface area contributed by atoms with Gasteiger partial charge in [0, 0.05) is 26.8 Å². The average molecular weight is 278 g/mol. The number of aliphatic hydroxyl groups is 1. The second kappa shape index (κ2) is 5.83. The van der Waals surface area contributed by atoms with E-state index >= 15 is 0 Å². The molecule has 2 fully saturated rings. The van der Waals surface area contributed by atoms with Gasteiger partial charge in [-0.05, 0) is 31.6 Å². The van der Waals surface area contributed by atoms with Crippen molar-refractivity contribution < 1.29 is 18.3 Å². The van der Waals surface area contributed by atoms with Crippen LogP contribution in [0.3, 0.4) is 0 Å². The number of rotatable bonds is 7. The van der Waals surface area contributed by atoms with E-state index in [0.717, 1.165) is 19.3 Å². The smallest absolute Gasteiger partial charge is 0.279 e. The number of nitrogens with zero attached hydrogens (tertiary/aromatic N) is 1. The molecule has 0 aromatic carbocycles. The Morgan fingerprint density at radius 1 is 1.39 bits per heavy atom. The van der Waals surface area contributed by atoms with E-state index in [9.17, 15) is 8.42 Å². The summed E-state index contributed by atoms with van der Waals surface area (Å²) < 4.78 is 33.7. The number of aliphatic hydroxyl groups excluding tert-OH is 1. The van der Waals surface area contributed by atoms with Crippen LogP contribution in [0.2, 0.25) is 0 Å². The zero-order valence-electron chi connectivity index (χ0n) is 10.7. The van der Waals surface area contributed by atoms with Gasteiger partial charge in [0.25, 0.3) is 10.2 Å². The summed E-state index contributed by atoms with van der Waals surface area (Å²) in [5, 5.41) is 8.73. The van der Waals surface area contributed by atoms with Crippen LogP contribution < -0.4 is 4.72 Å². The normalized spacial score (nSPS) is 29.1. The quantitative estimate of drug-likeness (QED) is 0.670. The van der Waals surface area contributed by atoms with Gasteiger partial charge in [0.15, 0.2) is 0 Å². The van der Waals surface area contributed by atoms with Gasteiger partial charge in [-0.3, -0.25) is 0 Å². The van der Waals surface area contributed by atoms with E-state index < -0.39 is 10.2 Å². The Morgan fingerprint density at radius 2 is 2.11 bits per heavy atom. The molecule has 0 amide bonds. The molecule has 2 aliphatic rings. The maximum absolute atomic E-state index is 12.1. The predicted molar refractivity (Wildman–Crippen MR) is 67.3 cm³/mol. The lowest BCUT2D eigenvalue weighted by Crippen LogP contribution is -2.47. The minimum Gasteiger partial charge on any atom is -0.396 e. The topological polar surface area (TPSA) is 78.9 Å². The molecule has 2 N–H and O–H groups in total. The van der Waals surface area contributed by atoms with Crippen molar-refractivity contribution in [2.45, 2.75) is 37.8 Å². The van der Waals surface area contributed by atoms with E-state index in [4.69, 9.17) is 9.84 Å². The van der Waals surface area contributed by atoms with Crippen molar-refractivity contribution in [3.8, 4) is 0 Å². The standard InChI is InChI=1S/C11H22N2O4S/c1-13(6-2-7-14)18(15,16)12-10-5-8-17-11(10)9-3-4-9/h9-12,14H,2-8H2,1H3. The molecule has 1 aliphatic carbocycles. The molecule has 1 aliphatic heterocycles. The molecule has 1 heterocycles. The van der Waals surface area contributed by atoms with Crippen LogP contribution in [0.1, 0.15) is 25.7 Å². The zero-order chi connectivity index (χ0) is 13.2. The van der Waals surface area contributed by atoms with E-state index in [1.54, 1.807) is 0 Å². The fourth-order valence-electron chi connectivity index (χ4n) is 2.32. The SMILES string of the molecule is CN(CCCO)S(=O)(=O)NC1CCOC1C1CC1.